The standard InChI is InChI=1S/C18H26N2O6P2/c1-5-23-27(21,24-6-2)15-9-11-19-17(13-15)18-14-16(10-12-20-18)28(22,25-7-3)26-8-4/h9-14H,5-8H2,1-4H3. The number of rotatable bonds is 11. The van der Waals surface area contributed by atoms with Crippen LogP contribution in [0.3, 0.4) is 0 Å². The molecule has 0 bridgehead atoms. The van der Waals surface area contributed by atoms with Gasteiger partial charge in [0.1, 0.15) is 0 Å². The minimum Gasteiger partial charge on any atom is -0.305 e. The third kappa shape index (κ3) is 5.35. The Morgan fingerprint density at radius 2 is 1.00 bits per heavy atom. The minimum absolute atomic E-state index is 0.245. The molecule has 8 nitrogen and oxygen atoms in total. The molecule has 0 fully saturated rings. The zero-order valence-corrected chi connectivity index (χ0v) is 18.3. The molecule has 2 rings (SSSR count). The van der Waals surface area contributed by atoms with Gasteiger partial charge in [-0.15, -0.1) is 0 Å². The van der Waals surface area contributed by atoms with Crippen LogP contribution in [0.1, 0.15) is 27.7 Å². The van der Waals surface area contributed by atoms with Crippen LogP contribution in [0.25, 0.3) is 11.4 Å². The highest BCUT2D eigenvalue weighted by atomic mass is 31.2. The van der Waals surface area contributed by atoms with Gasteiger partial charge in [0.05, 0.1) is 48.4 Å². The van der Waals surface area contributed by atoms with Crippen LogP contribution in [-0.2, 0) is 27.2 Å². The van der Waals surface area contributed by atoms with E-state index in [1.807, 2.05) is 0 Å². The van der Waals surface area contributed by atoms with Gasteiger partial charge in [0.25, 0.3) is 0 Å². The molecule has 0 aliphatic heterocycles. The van der Waals surface area contributed by atoms with Gasteiger partial charge in [-0.05, 0) is 52.0 Å². The van der Waals surface area contributed by atoms with Gasteiger partial charge in [-0.25, -0.2) is 0 Å². The summed E-state index contributed by atoms with van der Waals surface area (Å²) < 4.78 is 47.6. The molecule has 0 saturated heterocycles. The molecule has 0 unspecified atom stereocenters. The maximum Gasteiger partial charge on any atom is 0.361 e. The number of aromatic nitrogens is 2. The van der Waals surface area contributed by atoms with Crippen molar-refractivity contribution >= 4 is 25.8 Å². The lowest BCUT2D eigenvalue weighted by molar-refractivity contribution is 0.229. The molecule has 0 N–H and O–H groups in total. The summed E-state index contributed by atoms with van der Waals surface area (Å²) in [4.78, 5) is 8.58. The molecule has 0 amide bonds. The summed E-state index contributed by atoms with van der Waals surface area (Å²) in [5.41, 5.74) is 0.886. The van der Waals surface area contributed by atoms with Crippen molar-refractivity contribution in [3.63, 3.8) is 0 Å². The molecule has 2 heterocycles. The van der Waals surface area contributed by atoms with E-state index in [0.717, 1.165) is 0 Å². The first-order valence-electron chi connectivity index (χ1n) is 9.14. The number of nitrogens with zero attached hydrogens (tertiary/aromatic N) is 2. The van der Waals surface area contributed by atoms with E-state index in [1.165, 1.54) is 12.4 Å². The van der Waals surface area contributed by atoms with Crippen molar-refractivity contribution in [2.45, 2.75) is 27.7 Å². The lowest BCUT2D eigenvalue weighted by Gasteiger charge is -2.18. The SMILES string of the molecule is CCOP(=O)(OCC)c1ccnc(-c2cc(P(=O)(OCC)OCC)ccn2)c1. The Kier molecular flexibility index (Phi) is 8.50. The fraction of sp³-hybridized carbons (Fsp3) is 0.444. The quantitative estimate of drug-likeness (QED) is 0.497. The summed E-state index contributed by atoms with van der Waals surface area (Å²) in [7, 11) is -6.91. The Morgan fingerprint density at radius 1 is 0.679 bits per heavy atom. The van der Waals surface area contributed by atoms with Gasteiger partial charge in [0, 0.05) is 12.4 Å². The second-order valence-corrected chi connectivity index (χ2v) is 9.52. The Labute approximate surface area is 165 Å². The van der Waals surface area contributed by atoms with Crippen LogP contribution in [0.5, 0.6) is 0 Å². The molecule has 0 aromatic carbocycles. The predicted octanol–water partition coefficient (Wildman–Crippen LogP) is 3.93. The smallest absolute Gasteiger partial charge is 0.305 e. The molecule has 154 valence electrons. The van der Waals surface area contributed by atoms with Crippen molar-refractivity contribution in [2.75, 3.05) is 26.4 Å². The van der Waals surface area contributed by atoms with Crippen LogP contribution in [0.2, 0.25) is 0 Å². The Morgan fingerprint density at radius 3 is 1.29 bits per heavy atom. The third-order valence-electron chi connectivity index (χ3n) is 3.58. The van der Waals surface area contributed by atoms with Crippen molar-refractivity contribution in [3.8, 4) is 11.4 Å². The Balaban J connectivity index is 2.47. The molecule has 0 spiro atoms. The highest BCUT2D eigenvalue weighted by Gasteiger charge is 2.29. The average Bonchev–Trinajstić information content (AvgIpc) is 2.69. The van der Waals surface area contributed by atoms with E-state index in [0.29, 0.717) is 22.0 Å². The molecule has 28 heavy (non-hydrogen) atoms. The van der Waals surface area contributed by atoms with E-state index >= 15 is 0 Å². The summed E-state index contributed by atoms with van der Waals surface area (Å²) in [6.45, 7) is 7.97. The van der Waals surface area contributed by atoms with Crippen LogP contribution < -0.4 is 10.6 Å². The van der Waals surface area contributed by atoms with Crippen LogP contribution >= 0.6 is 15.2 Å². The highest BCUT2D eigenvalue weighted by Crippen LogP contribution is 2.48. The summed E-state index contributed by atoms with van der Waals surface area (Å²) in [5, 5.41) is 0.761. The summed E-state index contributed by atoms with van der Waals surface area (Å²) >= 11 is 0. The largest absolute Gasteiger partial charge is 0.361 e. The van der Waals surface area contributed by atoms with Crippen molar-refractivity contribution in [1.29, 1.82) is 0 Å². The molecule has 10 heteroatoms. The molecule has 0 aliphatic carbocycles. The van der Waals surface area contributed by atoms with Crippen molar-refractivity contribution in [1.82, 2.24) is 9.97 Å². The van der Waals surface area contributed by atoms with E-state index in [1.54, 1.807) is 52.0 Å². The number of pyridine rings is 2. The van der Waals surface area contributed by atoms with E-state index in [2.05, 4.69) is 9.97 Å². The van der Waals surface area contributed by atoms with Crippen LogP contribution in [0.15, 0.2) is 36.7 Å². The van der Waals surface area contributed by atoms with Crippen molar-refractivity contribution in [2.24, 2.45) is 0 Å². The molecular formula is C18H26N2O6P2. The minimum atomic E-state index is -3.46. The van der Waals surface area contributed by atoms with Crippen LogP contribution in [0.4, 0.5) is 0 Å². The van der Waals surface area contributed by atoms with Gasteiger partial charge in [0.15, 0.2) is 0 Å². The normalized spacial score (nSPS) is 12.3. The molecule has 2 aromatic rings. The lowest BCUT2D eigenvalue weighted by atomic mass is 10.2. The maximum absolute atomic E-state index is 13.0. The maximum atomic E-state index is 13.0. The fourth-order valence-electron chi connectivity index (χ4n) is 2.51. The fourth-order valence-corrected chi connectivity index (χ4v) is 5.68. The van der Waals surface area contributed by atoms with Gasteiger partial charge in [-0.3, -0.25) is 19.1 Å². The first kappa shape index (κ1) is 22.9. The van der Waals surface area contributed by atoms with E-state index < -0.39 is 15.2 Å². The van der Waals surface area contributed by atoms with Gasteiger partial charge < -0.3 is 18.1 Å². The monoisotopic (exact) mass is 428 g/mol. The number of hydrogen-bond acceptors (Lipinski definition) is 8. The van der Waals surface area contributed by atoms with Crippen molar-refractivity contribution < 1.29 is 27.2 Å². The third-order valence-corrected chi connectivity index (χ3v) is 7.79. The van der Waals surface area contributed by atoms with Gasteiger partial charge in [0.2, 0.25) is 0 Å². The molecule has 0 radical (unpaired) electrons. The van der Waals surface area contributed by atoms with E-state index in [4.69, 9.17) is 18.1 Å². The lowest BCUT2D eigenvalue weighted by Crippen LogP contribution is -2.13. The van der Waals surface area contributed by atoms with Gasteiger partial charge >= 0.3 is 15.2 Å². The molecular weight excluding hydrogens is 402 g/mol. The van der Waals surface area contributed by atoms with Crippen LogP contribution in [0, 0.1) is 0 Å². The topological polar surface area (TPSA) is 96.8 Å². The Hall–Kier alpha value is -1.40. The predicted molar refractivity (Wildman–Crippen MR) is 108 cm³/mol. The van der Waals surface area contributed by atoms with Crippen LogP contribution in [-0.4, -0.2) is 36.4 Å². The average molecular weight is 428 g/mol. The molecule has 0 aliphatic rings. The summed E-state index contributed by atoms with van der Waals surface area (Å²) in [6.07, 6.45) is 3.02. The van der Waals surface area contributed by atoms with Gasteiger partial charge in [-0.1, -0.05) is 0 Å². The van der Waals surface area contributed by atoms with Gasteiger partial charge in [-0.2, -0.15) is 0 Å². The Bertz CT molecular complexity index is 785. The first-order valence-corrected chi connectivity index (χ1v) is 12.2. The van der Waals surface area contributed by atoms with Crippen molar-refractivity contribution in [3.05, 3.63) is 36.7 Å². The summed E-state index contributed by atoms with van der Waals surface area (Å²) in [5.74, 6) is 0. The van der Waals surface area contributed by atoms with E-state index in [9.17, 15) is 9.13 Å². The second-order valence-electron chi connectivity index (χ2n) is 5.46. The first-order chi connectivity index (χ1) is 13.4. The summed E-state index contributed by atoms with van der Waals surface area (Å²) in [6, 6.07) is 6.38. The van der Waals surface area contributed by atoms with E-state index in [-0.39, 0.29) is 26.4 Å². The molecule has 2 aromatic heterocycles. The highest BCUT2D eigenvalue weighted by molar-refractivity contribution is 7.62. The zero-order valence-electron chi connectivity index (χ0n) is 16.5. The molecule has 0 saturated carbocycles. The zero-order chi connectivity index (χ0) is 20.6. The number of hydrogen-bond donors (Lipinski definition) is 0. The molecule has 0 atom stereocenters. The second kappa shape index (κ2) is 10.4.